The molecule has 356 valence electrons. The van der Waals surface area contributed by atoms with Crippen LogP contribution in [-0.4, -0.2) is 37.9 Å². The Morgan fingerprint density at radius 2 is 0.847 bits per heavy atom. The molecular weight excluding hydrogens is 998 g/mol. The van der Waals surface area contributed by atoms with Gasteiger partial charge in [0.1, 0.15) is 111 Å². The molecule has 6 rings (SSSR count). The van der Waals surface area contributed by atoms with Crippen molar-refractivity contribution < 1.29 is 65.9 Å². The van der Waals surface area contributed by atoms with Crippen LogP contribution in [-0.2, 0) is 12.4 Å². The maximum absolute atomic E-state index is 17.2. The number of aromatic nitrogens is 4. The molecule has 0 fully saturated rings. The number of benzene rings is 1. The van der Waals surface area contributed by atoms with E-state index >= 15 is 26.3 Å². The molecule has 2 heterocycles. The summed E-state index contributed by atoms with van der Waals surface area (Å²) < 4.78 is 228. The molecule has 3 aliphatic rings. The first-order valence-electron chi connectivity index (χ1n) is 18.5. The zero-order valence-corrected chi connectivity index (χ0v) is 34.6. The van der Waals surface area contributed by atoms with Gasteiger partial charge in [-0.05, 0) is 13.8 Å². The van der Waals surface area contributed by atoms with Gasteiger partial charge in [0.2, 0.25) is 0 Å². The van der Waals surface area contributed by atoms with Crippen molar-refractivity contribution in [2.75, 3.05) is 0 Å². The molecule has 0 radical (unpaired) electrons. The standard InChI is InChI=1S/C43H9F15N14/c1-11(68-18(8-64)31(16(67)6-62)42(53,54)55)13(3-59)21-33(44)24-25(34(21)45)27-29(38(49)23(37(27)48)15(5-61)40-71-19(9-65)32(43(56,57)58)20(10-66)72-40)28-26(24)35(46)22(36(28)47)14(4-60)39-69-12(2)30(41(50,51)52)17(7-63)70-39/h11H,67H2,1-2H3/b21-13-,22-14+,23-15-,31-16+,68-18?. The molecule has 29 heteroatoms. The molecule has 0 saturated carbocycles. The number of aryl methyl sites for hydroxylation is 1. The second-order valence-electron chi connectivity index (χ2n) is 14.2. The van der Waals surface area contributed by atoms with Gasteiger partial charge in [-0.15, -0.1) is 0 Å². The number of hydrogen-bond donors (Lipinski definition) is 1. The molecule has 0 spiro atoms. The molecule has 0 amide bonds. The quantitative estimate of drug-likeness (QED) is 0.214. The summed E-state index contributed by atoms with van der Waals surface area (Å²) >= 11 is 0. The van der Waals surface area contributed by atoms with E-state index in [0.717, 1.165) is 48.6 Å². The van der Waals surface area contributed by atoms with E-state index in [4.69, 9.17) is 11.0 Å². The minimum absolute atomic E-state index is 0.605. The number of aliphatic imine (C=N–C) groups is 1. The monoisotopic (exact) mass is 1010 g/mol. The van der Waals surface area contributed by atoms with Crippen molar-refractivity contribution in [2.24, 2.45) is 10.7 Å². The van der Waals surface area contributed by atoms with Crippen molar-refractivity contribution in [3.63, 3.8) is 0 Å². The average molecular weight is 1010 g/mol. The average Bonchev–Trinajstić information content (AvgIpc) is 3.82. The summed E-state index contributed by atoms with van der Waals surface area (Å²) in [5.41, 5.74) is -20.9. The summed E-state index contributed by atoms with van der Waals surface area (Å²) in [6, 6.07) is 5.75. The fourth-order valence-electron chi connectivity index (χ4n) is 7.56. The van der Waals surface area contributed by atoms with Crippen LogP contribution in [0.1, 0.15) is 52.5 Å². The maximum atomic E-state index is 17.2. The van der Waals surface area contributed by atoms with Crippen molar-refractivity contribution in [1.82, 2.24) is 19.9 Å². The van der Waals surface area contributed by atoms with Gasteiger partial charge < -0.3 is 5.73 Å². The van der Waals surface area contributed by atoms with Crippen molar-refractivity contribution in [1.29, 1.82) is 42.1 Å². The second-order valence-corrected chi connectivity index (χ2v) is 14.2. The molecule has 72 heavy (non-hydrogen) atoms. The molecule has 3 aromatic rings. The normalized spacial score (nSPS) is 17.2. The summed E-state index contributed by atoms with van der Waals surface area (Å²) in [5.74, 6) is -16.9. The maximum Gasteiger partial charge on any atom is 0.422 e. The molecule has 3 aliphatic carbocycles. The van der Waals surface area contributed by atoms with Crippen LogP contribution in [0.5, 0.6) is 0 Å². The SMILES string of the molecule is Cc1nc(/C(C#N)=C2/C(F)=c3c(c4c(c5c3=C(F)/C(=C(/C#N)c3nc(C#N)c(C(F)(F)F)c(C#N)n3)C=5F)=C(F)/C(=C(/C#N)C(C)N=C(C#N)/C(=C(\N)C#N)C(F)(F)F)C=4F)=C2F)nc(C#N)c1C(F)(F)F. The number of hydrogen-bond acceptors (Lipinski definition) is 14. The number of nitriles is 8. The molecule has 2 N–H and O–H groups in total. The van der Waals surface area contributed by atoms with Crippen LogP contribution < -0.4 is 37.0 Å². The molecular formula is C43H9F15N14. The molecule has 1 atom stereocenters. The summed E-state index contributed by atoms with van der Waals surface area (Å²) in [6.07, 6.45) is -16.6. The predicted octanol–water partition coefficient (Wildman–Crippen LogP) is 4.16. The third-order valence-electron chi connectivity index (χ3n) is 10.3. The molecule has 0 aliphatic heterocycles. The number of alkyl halides is 9. The van der Waals surface area contributed by atoms with Gasteiger partial charge in [0.25, 0.3) is 0 Å². The van der Waals surface area contributed by atoms with Crippen LogP contribution in [0.15, 0.2) is 38.6 Å². The summed E-state index contributed by atoms with van der Waals surface area (Å²) in [5, 5.41) is 67.1. The minimum Gasteiger partial charge on any atom is -0.390 e. The van der Waals surface area contributed by atoms with E-state index in [-0.39, 0.29) is 0 Å². The van der Waals surface area contributed by atoms with Gasteiger partial charge in [0.15, 0.2) is 34.4 Å². The Morgan fingerprint density at radius 1 is 0.500 bits per heavy atom. The summed E-state index contributed by atoms with van der Waals surface area (Å²) in [6.45, 7) is 1.21. The van der Waals surface area contributed by atoms with Gasteiger partial charge in [-0.1, -0.05) is 0 Å². The van der Waals surface area contributed by atoms with Crippen LogP contribution in [0.2, 0.25) is 0 Å². The zero-order chi connectivity index (χ0) is 54.0. The van der Waals surface area contributed by atoms with E-state index in [9.17, 15) is 76.3 Å². The Balaban J connectivity index is 1.94. The van der Waals surface area contributed by atoms with Gasteiger partial charge in [0, 0.05) is 31.3 Å². The van der Waals surface area contributed by atoms with Gasteiger partial charge >= 0.3 is 18.5 Å². The molecule has 0 bridgehead atoms. The lowest BCUT2D eigenvalue weighted by Gasteiger charge is -2.13. The Hall–Kier alpha value is -10.1. The van der Waals surface area contributed by atoms with Crippen molar-refractivity contribution in [2.45, 2.75) is 38.4 Å². The Bertz CT molecular complexity index is 4040. The minimum atomic E-state index is -5.64. The van der Waals surface area contributed by atoms with Crippen LogP contribution in [0.25, 0.3) is 46.1 Å². The summed E-state index contributed by atoms with van der Waals surface area (Å²) in [7, 11) is 0. The highest BCUT2D eigenvalue weighted by atomic mass is 19.4. The van der Waals surface area contributed by atoms with E-state index in [1.807, 2.05) is 0 Å². The van der Waals surface area contributed by atoms with Crippen molar-refractivity contribution in [3.05, 3.63) is 110 Å². The Kier molecular flexibility index (Phi) is 12.7. The Labute approximate surface area is 387 Å². The molecule has 14 nitrogen and oxygen atoms in total. The van der Waals surface area contributed by atoms with E-state index in [1.165, 1.54) is 0 Å². The van der Waals surface area contributed by atoms with E-state index < -0.39 is 187 Å². The van der Waals surface area contributed by atoms with Crippen molar-refractivity contribution >= 4 is 51.8 Å². The summed E-state index contributed by atoms with van der Waals surface area (Å²) in [4.78, 5) is 16.3. The topological polar surface area (TPSA) is 280 Å². The van der Waals surface area contributed by atoms with Crippen LogP contribution >= 0.6 is 0 Å². The van der Waals surface area contributed by atoms with E-state index in [0.29, 0.717) is 13.8 Å². The van der Waals surface area contributed by atoms with E-state index in [2.05, 4.69) is 24.9 Å². The van der Waals surface area contributed by atoms with Crippen LogP contribution in [0.4, 0.5) is 65.9 Å². The fourth-order valence-corrected chi connectivity index (χ4v) is 7.56. The first-order chi connectivity index (χ1) is 33.6. The first-order valence-corrected chi connectivity index (χ1v) is 18.5. The molecule has 1 aromatic carbocycles. The predicted molar refractivity (Wildman–Crippen MR) is 207 cm³/mol. The van der Waals surface area contributed by atoms with Crippen molar-refractivity contribution in [3.8, 4) is 48.6 Å². The lowest BCUT2D eigenvalue weighted by Crippen LogP contribution is -2.64. The van der Waals surface area contributed by atoms with Crippen LogP contribution in [0, 0.1) is 97.6 Å². The lowest BCUT2D eigenvalue weighted by molar-refractivity contribution is -0.139. The zero-order valence-electron chi connectivity index (χ0n) is 34.6. The highest BCUT2D eigenvalue weighted by molar-refractivity contribution is 6.13. The fraction of sp³-hybridized carbons (Fsp3) is 0.140. The van der Waals surface area contributed by atoms with Gasteiger partial charge in [-0.3, -0.25) is 4.99 Å². The Morgan fingerprint density at radius 3 is 1.14 bits per heavy atom. The van der Waals surface area contributed by atoms with Gasteiger partial charge in [0.05, 0.1) is 40.1 Å². The number of nitrogens with two attached hydrogens (primary N) is 1. The molecule has 0 saturated heterocycles. The first kappa shape index (κ1) is 51.3. The third kappa shape index (κ3) is 7.74. The second kappa shape index (κ2) is 17.8. The van der Waals surface area contributed by atoms with Gasteiger partial charge in [-0.25, -0.2) is 46.3 Å². The number of halogens is 15. The number of rotatable bonds is 5. The molecule has 1 unspecified atom stereocenters. The van der Waals surface area contributed by atoms with E-state index in [1.54, 1.807) is 0 Å². The number of fused-ring (bicyclic) bond motifs is 6. The lowest BCUT2D eigenvalue weighted by atomic mass is 10.0. The molecule has 2 aromatic heterocycles. The van der Waals surface area contributed by atoms with Crippen LogP contribution in [0.3, 0.4) is 0 Å². The highest BCUT2D eigenvalue weighted by Gasteiger charge is 2.44. The highest BCUT2D eigenvalue weighted by Crippen LogP contribution is 2.39. The largest absolute Gasteiger partial charge is 0.422 e. The van der Waals surface area contributed by atoms with Gasteiger partial charge in [-0.2, -0.15) is 81.6 Å². The smallest absolute Gasteiger partial charge is 0.390 e. The number of nitrogens with zero attached hydrogens (tertiary/aromatic N) is 13. The number of allylic oxidation sites excluding steroid dienone is 7. The third-order valence-corrected chi connectivity index (χ3v) is 10.3.